The maximum absolute atomic E-state index is 10.7. The fourth-order valence-electron chi connectivity index (χ4n) is 2.29. The van der Waals surface area contributed by atoms with Gasteiger partial charge in [-0.05, 0) is 31.2 Å². The first-order valence-corrected chi connectivity index (χ1v) is 7.10. The summed E-state index contributed by atoms with van der Waals surface area (Å²) in [7, 11) is 1.90. The molecule has 1 aromatic carbocycles. The van der Waals surface area contributed by atoms with Gasteiger partial charge >= 0.3 is 0 Å². The third-order valence-corrected chi connectivity index (χ3v) is 3.60. The lowest BCUT2D eigenvalue weighted by Crippen LogP contribution is -2.19. The zero-order valence-corrected chi connectivity index (χ0v) is 12.9. The highest BCUT2D eigenvalue weighted by Gasteiger charge is 2.12. The van der Waals surface area contributed by atoms with Gasteiger partial charge in [-0.2, -0.15) is 5.10 Å². The summed E-state index contributed by atoms with van der Waals surface area (Å²) in [5.74, 6) is 0.891. The molecule has 3 rings (SSSR count). The number of carbonyl (C=O) groups excluding carboxylic acids is 1. The molecule has 0 fully saturated rings. The number of carbonyl (C=O) groups is 1. The summed E-state index contributed by atoms with van der Waals surface area (Å²) >= 11 is 0. The second-order valence-corrected chi connectivity index (χ2v) is 5.14. The van der Waals surface area contributed by atoms with E-state index < -0.39 is 5.91 Å². The van der Waals surface area contributed by atoms with E-state index in [0.29, 0.717) is 5.75 Å². The summed E-state index contributed by atoms with van der Waals surface area (Å²) in [6.45, 7) is 1.87. The first-order chi connectivity index (χ1) is 11.1. The van der Waals surface area contributed by atoms with Gasteiger partial charge in [0.15, 0.2) is 6.61 Å². The van der Waals surface area contributed by atoms with Gasteiger partial charge in [0.1, 0.15) is 11.6 Å². The van der Waals surface area contributed by atoms with Crippen LogP contribution in [0.1, 0.15) is 5.69 Å². The van der Waals surface area contributed by atoms with Crippen molar-refractivity contribution in [3.63, 3.8) is 0 Å². The van der Waals surface area contributed by atoms with Crippen LogP contribution in [0.2, 0.25) is 0 Å². The highest BCUT2D eigenvalue weighted by molar-refractivity contribution is 5.75. The Labute approximate surface area is 133 Å². The van der Waals surface area contributed by atoms with Crippen LogP contribution in [0.4, 0.5) is 0 Å². The van der Waals surface area contributed by atoms with E-state index in [1.807, 2.05) is 47.7 Å². The van der Waals surface area contributed by atoms with Gasteiger partial charge in [-0.25, -0.2) is 4.98 Å². The first-order valence-electron chi connectivity index (χ1n) is 7.10. The summed E-state index contributed by atoms with van der Waals surface area (Å²) in [5, 5.41) is 4.27. The number of hydrogen-bond donors (Lipinski definition) is 1. The van der Waals surface area contributed by atoms with Crippen molar-refractivity contribution in [2.75, 3.05) is 6.61 Å². The molecular weight excluding hydrogens is 294 g/mol. The van der Waals surface area contributed by atoms with E-state index in [-0.39, 0.29) is 6.61 Å². The van der Waals surface area contributed by atoms with Gasteiger partial charge in [-0.3, -0.25) is 14.0 Å². The fourth-order valence-corrected chi connectivity index (χ4v) is 2.29. The van der Waals surface area contributed by atoms with Crippen LogP contribution >= 0.6 is 0 Å². The van der Waals surface area contributed by atoms with Gasteiger partial charge in [0.05, 0.1) is 17.6 Å². The minimum Gasteiger partial charge on any atom is -0.484 e. The topological polar surface area (TPSA) is 88.0 Å². The highest BCUT2D eigenvalue weighted by atomic mass is 16.5. The molecule has 118 valence electrons. The lowest BCUT2D eigenvalue weighted by Gasteiger charge is -2.08. The zero-order chi connectivity index (χ0) is 16.4. The highest BCUT2D eigenvalue weighted by Crippen LogP contribution is 2.25. The predicted molar refractivity (Wildman–Crippen MR) is 85.2 cm³/mol. The quantitative estimate of drug-likeness (QED) is 0.772. The maximum Gasteiger partial charge on any atom is 0.255 e. The van der Waals surface area contributed by atoms with Crippen LogP contribution in [-0.4, -0.2) is 31.8 Å². The number of benzene rings is 1. The normalized spacial score (nSPS) is 10.7. The summed E-state index contributed by atoms with van der Waals surface area (Å²) in [5.41, 5.74) is 8.02. The van der Waals surface area contributed by atoms with Crippen LogP contribution in [0.15, 0.2) is 42.9 Å². The van der Waals surface area contributed by atoms with E-state index in [9.17, 15) is 4.79 Å². The monoisotopic (exact) mass is 311 g/mol. The third-order valence-electron chi connectivity index (χ3n) is 3.60. The summed E-state index contributed by atoms with van der Waals surface area (Å²) in [4.78, 5) is 15.2. The average Bonchev–Trinajstić information content (AvgIpc) is 3.14. The molecule has 2 N–H and O–H groups in total. The first kappa shape index (κ1) is 14.8. The number of ether oxygens (including phenoxy) is 1. The van der Waals surface area contributed by atoms with Crippen molar-refractivity contribution < 1.29 is 9.53 Å². The van der Waals surface area contributed by atoms with Crippen LogP contribution in [0.3, 0.4) is 0 Å². The van der Waals surface area contributed by atoms with Crippen LogP contribution < -0.4 is 10.5 Å². The molecule has 7 nitrogen and oxygen atoms in total. The van der Waals surface area contributed by atoms with Crippen LogP contribution in [0.5, 0.6) is 5.75 Å². The minimum atomic E-state index is -0.503. The molecule has 0 aliphatic carbocycles. The average molecular weight is 311 g/mol. The van der Waals surface area contributed by atoms with Gasteiger partial charge in [0, 0.05) is 25.0 Å². The lowest BCUT2D eigenvalue weighted by molar-refractivity contribution is -0.119. The molecule has 0 radical (unpaired) electrons. The van der Waals surface area contributed by atoms with Crippen molar-refractivity contribution in [1.29, 1.82) is 0 Å². The number of rotatable bonds is 5. The van der Waals surface area contributed by atoms with Crippen molar-refractivity contribution in [3.8, 4) is 22.8 Å². The molecule has 0 saturated heterocycles. The van der Waals surface area contributed by atoms with Crippen molar-refractivity contribution >= 4 is 5.91 Å². The molecule has 7 heteroatoms. The predicted octanol–water partition coefficient (Wildman–Crippen LogP) is 1.45. The Morgan fingerprint density at radius 2 is 2.04 bits per heavy atom. The molecule has 0 atom stereocenters. The molecule has 0 bridgehead atoms. The van der Waals surface area contributed by atoms with Crippen LogP contribution in [0.25, 0.3) is 17.1 Å². The molecule has 0 unspecified atom stereocenters. The van der Waals surface area contributed by atoms with Crippen LogP contribution in [-0.2, 0) is 11.8 Å². The number of amides is 1. The number of hydrogen-bond acceptors (Lipinski definition) is 4. The number of aryl methyl sites for hydroxylation is 1. The molecule has 0 spiro atoms. The second-order valence-electron chi connectivity index (χ2n) is 5.14. The van der Waals surface area contributed by atoms with Crippen LogP contribution in [0, 0.1) is 6.92 Å². The summed E-state index contributed by atoms with van der Waals surface area (Å²) in [6.07, 6.45) is 5.46. The van der Waals surface area contributed by atoms with E-state index in [0.717, 1.165) is 22.8 Å². The minimum absolute atomic E-state index is 0.136. The number of aromatic nitrogens is 4. The van der Waals surface area contributed by atoms with Gasteiger partial charge in [0.25, 0.3) is 5.91 Å². The number of primary amides is 1. The number of imidazole rings is 1. The summed E-state index contributed by atoms with van der Waals surface area (Å²) in [6, 6.07) is 7.35. The van der Waals surface area contributed by atoms with Crippen molar-refractivity contribution in [3.05, 3.63) is 48.5 Å². The summed E-state index contributed by atoms with van der Waals surface area (Å²) < 4.78 is 9.07. The largest absolute Gasteiger partial charge is 0.484 e. The molecule has 2 heterocycles. The third kappa shape index (κ3) is 2.94. The molecule has 2 aromatic heterocycles. The zero-order valence-electron chi connectivity index (χ0n) is 12.9. The standard InChI is InChI=1S/C16H17N5O2/c1-11-14(9-19-20(11)2)21-8-7-18-16(21)12-3-5-13(6-4-12)23-10-15(17)22/h3-9H,10H2,1-2H3,(H2,17,22). The number of nitrogens with zero attached hydrogens (tertiary/aromatic N) is 4. The second kappa shape index (κ2) is 5.96. The van der Waals surface area contributed by atoms with E-state index in [4.69, 9.17) is 10.5 Å². The molecule has 23 heavy (non-hydrogen) atoms. The Hall–Kier alpha value is -3.09. The van der Waals surface area contributed by atoms with Crippen molar-refractivity contribution in [2.45, 2.75) is 6.92 Å². The SMILES string of the molecule is Cc1c(-n2ccnc2-c2ccc(OCC(N)=O)cc2)cnn1C. The Morgan fingerprint density at radius 3 is 2.65 bits per heavy atom. The fraction of sp³-hybridized carbons (Fsp3) is 0.188. The molecular formula is C16H17N5O2. The Kier molecular flexibility index (Phi) is 3.84. The molecule has 0 aliphatic heterocycles. The molecule has 3 aromatic rings. The van der Waals surface area contributed by atoms with Crippen molar-refractivity contribution in [1.82, 2.24) is 19.3 Å². The molecule has 1 amide bonds. The van der Waals surface area contributed by atoms with Gasteiger partial charge in [-0.15, -0.1) is 0 Å². The molecule has 0 saturated carbocycles. The molecule has 0 aliphatic rings. The van der Waals surface area contributed by atoms with Gasteiger partial charge in [0.2, 0.25) is 0 Å². The van der Waals surface area contributed by atoms with E-state index >= 15 is 0 Å². The van der Waals surface area contributed by atoms with Crippen molar-refractivity contribution in [2.24, 2.45) is 12.8 Å². The van der Waals surface area contributed by atoms with E-state index in [1.54, 1.807) is 18.3 Å². The van der Waals surface area contributed by atoms with Gasteiger partial charge in [-0.1, -0.05) is 0 Å². The number of nitrogens with two attached hydrogens (primary N) is 1. The lowest BCUT2D eigenvalue weighted by atomic mass is 10.2. The van der Waals surface area contributed by atoms with E-state index in [2.05, 4.69) is 10.1 Å². The Morgan fingerprint density at radius 1 is 1.30 bits per heavy atom. The Bertz CT molecular complexity index is 833. The smallest absolute Gasteiger partial charge is 0.255 e. The van der Waals surface area contributed by atoms with Gasteiger partial charge < -0.3 is 10.5 Å². The Balaban J connectivity index is 1.90. The maximum atomic E-state index is 10.7. The van der Waals surface area contributed by atoms with E-state index in [1.165, 1.54) is 0 Å².